The van der Waals surface area contributed by atoms with E-state index in [2.05, 4.69) is 39.2 Å². The number of nitrogens with zero attached hydrogens (tertiary/aromatic N) is 5. The molecule has 0 radical (unpaired) electrons. The smallest absolute Gasteiger partial charge is 0.252 e. The Morgan fingerprint density at radius 3 is 2.84 bits per heavy atom. The summed E-state index contributed by atoms with van der Waals surface area (Å²) >= 11 is 0. The summed E-state index contributed by atoms with van der Waals surface area (Å²) in [7, 11) is 0. The van der Waals surface area contributed by atoms with E-state index in [1.807, 2.05) is 22.7 Å². The standard InChI is InChI=1S/C23H34N6O2/c1-16(2)28-10-9-27(13-17-5-6-17)15-20(28)22-26-25-21-8-7-18(14-29(21)22)23(30)24-12-19-4-3-11-31-19/h7-8,14,16-17,19-20H,3-6,9-13,15H2,1-2H3,(H,24,30). The first-order chi connectivity index (χ1) is 15.1. The average Bonchev–Trinajstić information content (AvgIpc) is 3.26. The SMILES string of the molecule is CC(C)N1CCN(CC2CC2)CC1c1nnc2ccc(C(=O)NCC3CCCO3)cn12. The first-order valence-electron chi connectivity index (χ1n) is 11.8. The topological polar surface area (TPSA) is 75.0 Å². The van der Waals surface area contributed by atoms with Gasteiger partial charge in [-0.2, -0.15) is 0 Å². The molecule has 5 rings (SSSR count). The summed E-state index contributed by atoms with van der Waals surface area (Å²) in [5.74, 6) is 1.73. The molecule has 2 atom stereocenters. The second-order valence-electron chi connectivity index (χ2n) is 9.60. The van der Waals surface area contributed by atoms with Crippen molar-refractivity contribution in [3.63, 3.8) is 0 Å². The molecule has 2 aromatic heterocycles. The number of carbonyl (C=O) groups excluding carboxylic acids is 1. The molecule has 3 aliphatic rings. The predicted molar refractivity (Wildman–Crippen MR) is 118 cm³/mol. The van der Waals surface area contributed by atoms with Crippen molar-refractivity contribution in [1.82, 2.24) is 29.7 Å². The molecule has 1 aliphatic carbocycles. The highest BCUT2D eigenvalue weighted by molar-refractivity contribution is 5.94. The lowest BCUT2D eigenvalue weighted by atomic mass is 10.1. The Morgan fingerprint density at radius 1 is 1.23 bits per heavy atom. The predicted octanol–water partition coefficient (Wildman–Crippen LogP) is 2.12. The molecule has 4 heterocycles. The zero-order chi connectivity index (χ0) is 21.4. The fourth-order valence-electron chi connectivity index (χ4n) is 4.92. The van der Waals surface area contributed by atoms with E-state index in [9.17, 15) is 4.79 Å². The molecule has 0 bridgehead atoms. The minimum absolute atomic E-state index is 0.0724. The van der Waals surface area contributed by atoms with Gasteiger partial charge in [0.15, 0.2) is 11.5 Å². The van der Waals surface area contributed by atoms with Gasteiger partial charge in [0.1, 0.15) is 0 Å². The highest BCUT2D eigenvalue weighted by atomic mass is 16.5. The lowest BCUT2D eigenvalue weighted by Crippen LogP contribution is -2.51. The second kappa shape index (κ2) is 8.84. The van der Waals surface area contributed by atoms with Crippen LogP contribution in [0.4, 0.5) is 0 Å². The first-order valence-corrected chi connectivity index (χ1v) is 11.8. The Morgan fingerprint density at radius 2 is 2.10 bits per heavy atom. The van der Waals surface area contributed by atoms with Gasteiger partial charge in [-0.15, -0.1) is 10.2 Å². The number of carbonyl (C=O) groups is 1. The van der Waals surface area contributed by atoms with E-state index < -0.39 is 0 Å². The van der Waals surface area contributed by atoms with Gasteiger partial charge in [0.2, 0.25) is 0 Å². The number of aromatic nitrogens is 3. The van der Waals surface area contributed by atoms with Crippen LogP contribution in [0.25, 0.3) is 5.65 Å². The highest BCUT2D eigenvalue weighted by Gasteiger charge is 2.35. The number of pyridine rings is 1. The zero-order valence-electron chi connectivity index (χ0n) is 18.7. The van der Waals surface area contributed by atoms with E-state index in [0.717, 1.165) is 56.5 Å². The maximum atomic E-state index is 12.8. The molecular formula is C23H34N6O2. The van der Waals surface area contributed by atoms with Crippen LogP contribution in [0.5, 0.6) is 0 Å². The number of fused-ring (bicyclic) bond motifs is 1. The van der Waals surface area contributed by atoms with Gasteiger partial charge in [-0.3, -0.25) is 19.0 Å². The molecule has 1 amide bonds. The quantitative estimate of drug-likeness (QED) is 0.731. The molecule has 1 saturated carbocycles. The molecule has 2 aromatic rings. The second-order valence-corrected chi connectivity index (χ2v) is 9.60. The van der Waals surface area contributed by atoms with Gasteiger partial charge in [-0.05, 0) is 57.6 Å². The normalized spacial score (nSPS) is 25.5. The van der Waals surface area contributed by atoms with Crippen LogP contribution in [-0.4, -0.2) is 81.8 Å². The van der Waals surface area contributed by atoms with Crippen LogP contribution in [-0.2, 0) is 4.74 Å². The number of ether oxygens (including phenoxy) is 1. The molecular weight excluding hydrogens is 392 g/mol. The Balaban J connectivity index is 1.37. The van der Waals surface area contributed by atoms with Gasteiger partial charge in [0.25, 0.3) is 5.91 Å². The van der Waals surface area contributed by atoms with Crippen LogP contribution in [0.3, 0.4) is 0 Å². The Bertz CT molecular complexity index is 918. The number of hydrogen-bond acceptors (Lipinski definition) is 6. The minimum atomic E-state index is -0.0724. The maximum Gasteiger partial charge on any atom is 0.252 e. The summed E-state index contributed by atoms with van der Waals surface area (Å²) in [6.07, 6.45) is 6.85. The van der Waals surface area contributed by atoms with Gasteiger partial charge < -0.3 is 10.1 Å². The van der Waals surface area contributed by atoms with Crippen molar-refractivity contribution < 1.29 is 9.53 Å². The molecule has 0 aromatic carbocycles. The van der Waals surface area contributed by atoms with Crippen LogP contribution in [0.2, 0.25) is 0 Å². The summed E-state index contributed by atoms with van der Waals surface area (Å²) in [5, 5.41) is 12.0. The van der Waals surface area contributed by atoms with Crippen molar-refractivity contribution in [2.45, 2.75) is 57.7 Å². The third-order valence-corrected chi connectivity index (χ3v) is 6.89. The van der Waals surface area contributed by atoms with Crippen molar-refractivity contribution in [2.75, 3.05) is 39.3 Å². The Kier molecular flexibility index (Phi) is 5.95. The van der Waals surface area contributed by atoms with Gasteiger partial charge in [0, 0.05) is 51.6 Å². The molecule has 1 N–H and O–H groups in total. The number of nitrogens with one attached hydrogen (secondary N) is 1. The van der Waals surface area contributed by atoms with E-state index in [1.54, 1.807) is 0 Å². The summed E-state index contributed by atoms with van der Waals surface area (Å²) in [6, 6.07) is 4.33. The fourth-order valence-corrected chi connectivity index (χ4v) is 4.92. The molecule has 31 heavy (non-hydrogen) atoms. The van der Waals surface area contributed by atoms with Gasteiger partial charge in [-0.1, -0.05) is 0 Å². The molecule has 3 fully saturated rings. The van der Waals surface area contributed by atoms with Gasteiger partial charge >= 0.3 is 0 Å². The average molecular weight is 427 g/mol. The molecule has 8 nitrogen and oxygen atoms in total. The minimum Gasteiger partial charge on any atom is -0.376 e. The van der Waals surface area contributed by atoms with Crippen molar-refractivity contribution in [3.05, 3.63) is 29.7 Å². The van der Waals surface area contributed by atoms with Crippen molar-refractivity contribution in [2.24, 2.45) is 5.92 Å². The van der Waals surface area contributed by atoms with Crippen molar-refractivity contribution in [3.8, 4) is 0 Å². The number of amides is 1. The van der Waals surface area contributed by atoms with Crippen LogP contribution < -0.4 is 5.32 Å². The maximum absolute atomic E-state index is 12.8. The van der Waals surface area contributed by atoms with E-state index in [0.29, 0.717) is 18.2 Å². The summed E-state index contributed by atoms with van der Waals surface area (Å²) in [5.41, 5.74) is 1.42. The molecule has 2 aliphatic heterocycles. The lowest BCUT2D eigenvalue weighted by Gasteiger charge is -2.42. The number of rotatable bonds is 7. The highest BCUT2D eigenvalue weighted by Crippen LogP contribution is 2.33. The van der Waals surface area contributed by atoms with E-state index in [4.69, 9.17) is 4.74 Å². The molecule has 8 heteroatoms. The molecule has 2 saturated heterocycles. The van der Waals surface area contributed by atoms with Crippen molar-refractivity contribution >= 4 is 11.6 Å². The van der Waals surface area contributed by atoms with Crippen LogP contribution >= 0.6 is 0 Å². The molecule has 2 unspecified atom stereocenters. The van der Waals surface area contributed by atoms with E-state index in [1.165, 1.54) is 19.4 Å². The number of piperazine rings is 1. The van der Waals surface area contributed by atoms with Gasteiger partial charge in [-0.25, -0.2) is 0 Å². The van der Waals surface area contributed by atoms with Crippen LogP contribution in [0, 0.1) is 5.92 Å². The zero-order valence-corrected chi connectivity index (χ0v) is 18.7. The van der Waals surface area contributed by atoms with Gasteiger partial charge in [0.05, 0.1) is 17.7 Å². The van der Waals surface area contributed by atoms with Crippen molar-refractivity contribution in [1.29, 1.82) is 0 Å². The van der Waals surface area contributed by atoms with Crippen LogP contribution in [0.15, 0.2) is 18.3 Å². The Labute approximate surface area is 183 Å². The molecule has 0 spiro atoms. The largest absolute Gasteiger partial charge is 0.376 e. The third kappa shape index (κ3) is 4.61. The molecule has 168 valence electrons. The Hall–Kier alpha value is -2.03. The monoisotopic (exact) mass is 426 g/mol. The van der Waals surface area contributed by atoms with E-state index >= 15 is 0 Å². The lowest BCUT2D eigenvalue weighted by molar-refractivity contribution is 0.0437. The third-order valence-electron chi connectivity index (χ3n) is 6.89. The summed E-state index contributed by atoms with van der Waals surface area (Å²) < 4.78 is 7.64. The van der Waals surface area contributed by atoms with E-state index in [-0.39, 0.29) is 18.1 Å². The fraction of sp³-hybridized carbons (Fsp3) is 0.696. The first kappa shape index (κ1) is 20.8. The number of hydrogen-bond donors (Lipinski definition) is 1. The van der Waals surface area contributed by atoms with Crippen LogP contribution in [0.1, 0.15) is 61.8 Å². The summed E-state index contributed by atoms with van der Waals surface area (Å²) in [6.45, 7) is 10.1. The summed E-state index contributed by atoms with van der Waals surface area (Å²) in [4.78, 5) is 17.9.